The van der Waals surface area contributed by atoms with E-state index in [-0.39, 0.29) is 18.7 Å². The van der Waals surface area contributed by atoms with Crippen LogP contribution in [0.1, 0.15) is 24.2 Å². The molecule has 10 heteroatoms. The predicted octanol–water partition coefficient (Wildman–Crippen LogP) is 0.328. The molecule has 2 aliphatic rings. The number of ether oxygens (including phenoxy) is 1. The summed E-state index contributed by atoms with van der Waals surface area (Å²) in [7, 11) is 0. The largest absolute Gasteiger partial charge is 0.359 e. The van der Waals surface area contributed by atoms with Gasteiger partial charge in [0.15, 0.2) is 0 Å². The first-order chi connectivity index (χ1) is 13.5. The zero-order valence-corrected chi connectivity index (χ0v) is 16.1. The van der Waals surface area contributed by atoms with Gasteiger partial charge in [0.2, 0.25) is 0 Å². The maximum absolute atomic E-state index is 12.8. The van der Waals surface area contributed by atoms with Gasteiger partial charge in [0.25, 0.3) is 5.91 Å². The minimum atomic E-state index is -0.395. The van der Waals surface area contributed by atoms with Crippen molar-refractivity contribution in [3.05, 3.63) is 23.8 Å². The van der Waals surface area contributed by atoms with Gasteiger partial charge < -0.3 is 19.7 Å². The lowest BCUT2D eigenvalue weighted by molar-refractivity contribution is -0.0980. The Morgan fingerprint density at radius 2 is 1.93 bits per heavy atom. The molecule has 150 valence electrons. The van der Waals surface area contributed by atoms with Crippen LogP contribution in [-0.2, 0) is 9.53 Å². The average molecular weight is 388 g/mol. The van der Waals surface area contributed by atoms with Crippen LogP contribution in [0.5, 0.6) is 0 Å². The standard InChI is InChI=1S/C17H22N6O3.CH2O/c1-17(2)10-26-11-22(17)16(25)23-14-4-3-12(9-13(14)19-20-23)15(24)21-7-5-18-6-8-21;1-2/h3-4,9,18H,5-8,10-11H2,1-2H3;1H2. The Hall–Kier alpha value is -2.85. The summed E-state index contributed by atoms with van der Waals surface area (Å²) in [6, 6.07) is 4.87. The molecule has 2 fully saturated rings. The van der Waals surface area contributed by atoms with Gasteiger partial charge in [-0.05, 0) is 32.0 Å². The summed E-state index contributed by atoms with van der Waals surface area (Å²) in [5.74, 6) is -0.0247. The Kier molecular flexibility index (Phi) is 5.71. The summed E-state index contributed by atoms with van der Waals surface area (Å²) in [5, 5.41) is 11.3. The number of fused-ring (bicyclic) bond motifs is 1. The normalized spacial score (nSPS) is 18.6. The van der Waals surface area contributed by atoms with Gasteiger partial charge in [-0.2, -0.15) is 4.68 Å². The number of nitrogens with zero attached hydrogens (tertiary/aromatic N) is 5. The second-order valence-corrected chi connectivity index (χ2v) is 7.25. The lowest BCUT2D eigenvalue weighted by Crippen LogP contribution is -2.46. The fourth-order valence-electron chi connectivity index (χ4n) is 3.32. The number of nitrogens with one attached hydrogen (secondary N) is 1. The van der Waals surface area contributed by atoms with Crippen LogP contribution in [0, 0.1) is 0 Å². The van der Waals surface area contributed by atoms with E-state index in [4.69, 9.17) is 9.53 Å². The molecule has 0 bridgehead atoms. The average Bonchev–Trinajstić information content (AvgIpc) is 3.31. The minimum Gasteiger partial charge on any atom is -0.359 e. The maximum Gasteiger partial charge on any atom is 0.349 e. The van der Waals surface area contributed by atoms with Gasteiger partial charge in [-0.15, -0.1) is 5.10 Å². The number of carbonyl (C=O) groups excluding carboxylic acids is 3. The van der Waals surface area contributed by atoms with E-state index in [9.17, 15) is 9.59 Å². The highest BCUT2D eigenvalue weighted by Crippen LogP contribution is 2.24. The number of hydrogen-bond acceptors (Lipinski definition) is 7. The molecule has 0 saturated carbocycles. The first-order valence-electron chi connectivity index (χ1n) is 9.01. The Bertz CT molecular complexity index is 874. The summed E-state index contributed by atoms with van der Waals surface area (Å²) >= 11 is 0. The summed E-state index contributed by atoms with van der Waals surface area (Å²) in [6.45, 7) is 9.57. The molecular weight excluding hydrogens is 364 g/mol. The monoisotopic (exact) mass is 388 g/mol. The van der Waals surface area contributed by atoms with Crippen molar-refractivity contribution in [2.45, 2.75) is 19.4 Å². The van der Waals surface area contributed by atoms with Crippen LogP contribution in [0.4, 0.5) is 4.79 Å². The molecule has 3 heterocycles. The number of amides is 2. The number of hydrogen-bond donors (Lipinski definition) is 1. The number of carbonyl (C=O) groups is 3. The summed E-state index contributed by atoms with van der Waals surface area (Å²) in [6.07, 6.45) is 0. The fourth-order valence-corrected chi connectivity index (χ4v) is 3.32. The summed E-state index contributed by atoms with van der Waals surface area (Å²) < 4.78 is 6.68. The molecule has 1 aromatic carbocycles. The van der Waals surface area contributed by atoms with Gasteiger partial charge in [-0.3, -0.25) is 9.69 Å². The molecule has 1 aromatic heterocycles. The van der Waals surface area contributed by atoms with Crippen molar-refractivity contribution in [2.24, 2.45) is 0 Å². The van der Waals surface area contributed by atoms with E-state index in [1.165, 1.54) is 4.68 Å². The molecular formula is C18H24N6O4. The first-order valence-corrected chi connectivity index (χ1v) is 9.01. The quantitative estimate of drug-likeness (QED) is 0.750. The summed E-state index contributed by atoms with van der Waals surface area (Å²) in [4.78, 5) is 36.9. The highest BCUT2D eigenvalue weighted by atomic mass is 16.5. The van der Waals surface area contributed by atoms with E-state index in [1.54, 1.807) is 23.1 Å². The Balaban J connectivity index is 0.00000109. The van der Waals surface area contributed by atoms with Crippen LogP contribution >= 0.6 is 0 Å². The maximum atomic E-state index is 12.8. The van der Waals surface area contributed by atoms with Crippen molar-refractivity contribution < 1.29 is 19.1 Å². The third-order valence-electron chi connectivity index (χ3n) is 4.92. The van der Waals surface area contributed by atoms with Crippen LogP contribution in [0.25, 0.3) is 11.0 Å². The van der Waals surface area contributed by atoms with E-state index >= 15 is 0 Å². The predicted molar refractivity (Wildman–Crippen MR) is 101 cm³/mol. The fraction of sp³-hybridized carbons (Fsp3) is 0.500. The molecule has 2 aromatic rings. The van der Waals surface area contributed by atoms with Gasteiger partial charge in [0.05, 0.1) is 17.7 Å². The molecule has 2 amide bonds. The molecule has 28 heavy (non-hydrogen) atoms. The van der Waals surface area contributed by atoms with Crippen LogP contribution < -0.4 is 5.32 Å². The Morgan fingerprint density at radius 3 is 2.57 bits per heavy atom. The van der Waals surface area contributed by atoms with Gasteiger partial charge in [-0.1, -0.05) is 5.21 Å². The topological polar surface area (TPSA) is 110 Å². The third-order valence-corrected chi connectivity index (χ3v) is 4.92. The SMILES string of the molecule is C=O.CC1(C)COCN1C(=O)n1nnc2cc(C(=O)N3CCNCC3)ccc21. The van der Waals surface area contributed by atoms with Gasteiger partial charge in [0.1, 0.15) is 19.0 Å². The summed E-state index contributed by atoms with van der Waals surface area (Å²) in [5.41, 5.74) is 1.27. The molecule has 2 saturated heterocycles. The second kappa shape index (κ2) is 8.03. The highest BCUT2D eigenvalue weighted by molar-refractivity contribution is 5.98. The van der Waals surface area contributed by atoms with Crippen molar-refractivity contribution in [2.75, 3.05) is 39.5 Å². The zero-order valence-electron chi connectivity index (χ0n) is 16.1. The van der Waals surface area contributed by atoms with Crippen LogP contribution in [-0.4, -0.2) is 88.6 Å². The van der Waals surface area contributed by atoms with Crippen molar-refractivity contribution >= 4 is 29.8 Å². The van der Waals surface area contributed by atoms with Crippen LogP contribution in [0.15, 0.2) is 18.2 Å². The smallest absolute Gasteiger partial charge is 0.349 e. The Labute approximate surface area is 162 Å². The first kappa shape index (κ1) is 19.9. The molecule has 4 rings (SSSR count). The molecule has 0 aliphatic carbocycles. The van der Waals surface area contributed by atoms with Crippen molar-refractivity contribution in [1.29, 1.82) is 0 Å². The van der Waals surface area contributed by atoms with E-state index < -0.39 is 5.54 Å². The highest BCUT2D eigenvalue weighted by Gasteiger charge is 2.38. The van der Waals surface area contributed by atoms with Crippen molar-refractivity contribution in [1.82, 2.24) is 30.1 Å². The number of aromatic nitrogens is 3. The van der Waals surface area contributed by atoms with Crippen molar-refractivity contribution in [3.63, 3.8) is 0 Å². The van der Waals surface area contributed by atoms with Crippen LogP contribution in [0.2, 0.25) is 0 Å². The minimum absolute atomic E-state index is 0.0247. The number of rotatable bonds is 1. The zero-order chi connectivity index (χ0) is 20.3. The van der Waals surface area contributed by atoms with E-state index in [0.717, 1.165) is 13.1 Å². The van der Waals surface area contributed by atoms with E-state index in [2.05, 4.69) is 15.6 Å². The third kappa shape index (κ3) is 3.60. The molecule has 0 spiro atoms. The molecule has 0 unspecified atom stereocenters. The van der Waals surface area contributed by atoms with Gasteiger partial charge >= 0.3 is 6.03 Å². The lowest BCUT2D eigenvalue weighted by atomic mass is 10.1. The number of piperazine rings is 1. The molecule has 0 radical (unpaired) electrons. The van der Waals surface area contributed by atoms with Crippen LogP contribution in [0.3, 0.4) is 0 Å². The van der Waals surface area contributed by atoms with E-state index in [0.29, 0.717) is 36.3 Å². The Morgan fingerprint density at radius 1 is 1.21 bits per heavy atom. The number of benzene rings is 1. The van der Waals surface area contributed by atoms with E-state index in [1.807, 2.05) is 25.5 Å². The molecule has 1 N–H and O–H groups in total. The molecule has 2 aliphatic heterocycles. The van der Waals surface area contributed by atoms with Gasteiger partial charge in [-0.25, -0.2) is 4.79 Å². The molecule has 0 atom stereocenters. The molecule has 10 nitrogen and oxygen atoms in total. The second-order valence-electron chi connectivity index (χ2n) is 7.25. The van der Waals surface area contributed by atoms with Gasteiger partial charge in [0, 0.05) is 31.7 Å². The van der Waals surface area contributed by atoms with Crippen molar-refractivity contribution in [3.8, 4) is 0 Å². The lowest BCUT2D eigenvalue weighted by Gasteiger charge is -2.28.